The molecule has 5 aliphatic carbocycles. The van der Waals surface area contributed by atoms with E-state index in [2.05, 4.69) is 141 Å². The summed E-state index contributed by atoms with van der Waals surface area (Å²) in [5.41, 5.74) is 22.3. The lowest BCUT2D eigenvalue weighted by molar-refractivity contribution is 0.691. The zero-order valence-electron chi connectivity index (χ0n) is 24.2. The molecular weight excluding hydrogens is 506 g/mol. The molecule has 200 valence electrons. The van der Waals surface area contributed by atoms with Gasteiger partial charge in [-0.15, -0.1) is 0 Å². The van der Waals surface area contributed by atoms with Crippen molar-refractivity contribution in [3.05, 3.63) is 170 Å². The molecule has 0 saturated heterocycles. The molecule has 1 atom stereocenters. The number of hydrogen-bond donors (Lipinski definition) is 1. The van der Waals surface area contributed by atoms with E-state index in [9.17, 15) is 0 Å². The summed E-state index contributed by atoms with van der Waals surface area (Å²) >= 11 is 0. The van der Waals surface area contributed by atoms with Crippen LogP contribution in [0.5, 0.6) is 0 Å². The van der Waals surface area contributed by atoms with Crippen LogP contribution >= 0.6 is 0 Å². The fourth-order valence-electron chi connectivity index (χ4n) is 8.06. The van der Waals surface area contributed by atoms with Crippen LogP contribution in [0.3, 0.4) is 0 Å². The standard InChI is InChI=1S/C41H31N/c1-24-19-34-31-15-8-4-11-27(31)21-36(34)39(26(24)3)42-40-25(2)20-35-32-16-9-6-13-29(32)23-38(35)41(40)18-10-17-33-30-14-7-5-12-28(30)22-37(33)41/h4-20,22-23,42H,21H2,1-3H3. The van der Waals surface area contributed by atoms with Crippen molar-refractivity contribution in [2.45, 2.75) is 27.2 Å². The third kappa shape index (κ3) is 2.98. The van der Waals surface area contributed by atoms with E-state index in [4.69, 9.17) is 0 Å². The van der Waals surface area contributed by atoms with Crippen LogP contribution in [0, 0.1) is 19.3 Å². The van der Waals surface area contributed by atoms with Crippen molar-refractivity contribution in [1.82, 2.24) is 0 Å². The third-order valence-corrected chi connectivity index (χ3v) is 10.2. The monoisotopic (exact) mass is 537 g/mol. The quantitative estimate of drug-likeness (QED) is 0.236. The first kappa shape index (κ1) is 23.8. The summed E-state index contributed by atoms with van der Waals surface area (Å²) in [6.07, 6.45) is 15.3. The minimum absolute atomic E-state index is 0.426. The molecule has 4 aromatic rings. The van der Waals surface area contributed by atoms with Crippen molar-refractivity contribution in [3.63, 3.8) is 0 Å². The van der Waals surface area contributed by atoms with E-state index >= 15 is 0 Å². The summed E-state index contributed by atoms with van der Waals surface area (Å²) in [6.45, 7) is 6.83. The lowest BCUT2D eigenvalue weighted by atomic mass is 9.62. The van der Waals surface area contributed by atoms with Crippen molar-refractivity contribution >= 4 is 29.0 Å². The van der Waals surface area contributed by atoms with Crippen LogP contribution < -0.4 is 5.32 Å². The summed E-state index contributed by atoms with van der Waals surface area (Å²) in [5.74, 6) is 0. The van der Waals surface area contributed by atoms with E-state index in [1.54, 1.807) is 0 Å². The van der Waals surface area contributed by atoms with Gasteiger partial charge < -0.3 is 5.32 Å². The number of hydrogen-bond acceptors (Lipinski definition) is 1. The van der Waals surface area contributed by atoms with Crippen molar-refractivity contribution in [2.24, 2.45) is 5.41 Å². The van der Waals surface area contributed by atoms with Crippen LogP contribution in [0.15, 0.2) is 126 Å². The van der Waals surface area contributed by atoms with Crippen LogP contribution in [0.4, 0.5) is 5.69 Å². The van der Waals surface area contributed by atoms with Gasteiger partial charge in [0.15, 0.2) is 0 Å². The number of rotatable bonds is 2. The number of anilines is 1. The second kappa shape index (κ2) is 8.33. The fraction of sp³-hybridized carbons (Fsp3) is 0.122. The molecule has 4 aromatic carbocycles. The Morgan fingerprint density at radius 3 is 2.07 bits per heavy atom. The molecule has 1 nitrogen and oxygen atoms in total. The Kier molecular flexibility index (Phi) is 4.72. The molecule has 0 bridgehead atoms. The second-order valence-corrected chi connectivity index (χ2v) is 12.3. The molecule has 9 rings (SSSR count). The van der Waals surface area contributed by atoms with Crippen LogP contribution in [0.1, 0.15) is 51.4 Å². The highest BCUT2D eigenvalue weighted by atomic mass is 14.9. The number of nitrogens with one attached hydrogen (secondary N) is 1. The maximum absolute atomic E-state index is 4.19. The Morgan fingerprint density at radius 2 is 1.31 bits per heavy atom. The predicted octanol–water partition coefficient (Wildman–Crippen LogP) is 10.1. The molecule has 0 fully saturated rings. The maximum Gasteiger partial charge on any atom is 0.0800 e. The van der Waals surface area contributed by atoms with Gasteiger partial charge in [0.1, 0.15) is 0 Å². The van der Waals surface area contributed by atoms with Crippen molar-refractivity contribution in [3.8, 4) is 11.1 Å². The predicted molar refractivity (Wildman–Crippen MR) is 177 cm³/mol. The highest BCUT2D eigenvalue weighted by molar-refractivity contribution is 6.06. The van der Waals surface area contributed by atoms with E-state index in [0.717, 1.165) is 6.42 Å². The molecule has 42 heavy (non-hydrogen) atoms. The van der Waals surface area contributed by atoms with Crippen molar-refractivity contribution < 1.29 is 0 Å². The molecule has 1 N–H and O–H groups in total. The summed E-state index contributed by atoms with van der Waals surface area (Å²) < 4.78 is 0. The average molecular weight is 538 g/mol. The molecule has 0 saturated carbocycles. The largest absolute Gasteiger partial charge is 0.357 e. The Labute approximate surface area is 247 Å². The normalized spacial score (nSPS) is 20.2. The molecule has 5 aliphatic rings. The van der Waals surface area contributed by atoms with E-state index in [0.29, 0.717) is 0 Å². The minimum Gasteiger partial charge on any atom is -0.357 e. The Morgan fingerprint density at radius 1 is 0.667 bits per heavy atom. The lowest BCUT2D eigenvalue weighted by Gasteiger charge is -2.43. The molecule has 0 aliphatic heterocycles. The topological polar surface area (TPSA) is 12.0 Å². The molecule has 0 amide bonds. The highest BCUT2D eigenvalue weighted by Gasteiger charge is 2.49. The molecule has 1 heteroatoms. The molecule has 0 radical (unpaired) electrons. The summed E-state index contributed by atoms with van der Waals surface area (Å²) in [7, 11) is 0. The molecule has 0 heterocycles. The Balaban J connectivity index is 1.30. The Bertz CT molecular complexity index is 2090. The van der Waals surface area contributed by atoms with Gasteiger partial charge in [0, 0.05) is 17.8 Å². The molecule has 1 spiro atoms. The smallest absolute Gasteiger partial charge is 0.0800 e. The van der Waals surface area contributed by atoms with Crippen LogP contribution in [-0.4, -0.2) is 0 Å². The van der Waals surface area contributed by atoms with Gasteiger partial charge in [0.05, 0.1) is 5.41 Å². The maximum atomic E-state index is 4.19. The summed E-state index contributed by atoms with van der Waals surface area (Å²) in [6, 6.07) is 29.0. The third-order valence-electron chi connectivity index (χ3n) is 10.2. The zero-order chi connectivity index (χ0) is 28.2. The first-order valence-electron chi connectivity index (χ1n) is 15.0. The summed E-state index contributed by atoms with van der Waals surface area (Å²) in [4.78, 5) is 0. The minimum atomic E-state index is -0.426. The fourth-order valence-corrected chi connectivity index (χ4v) is 8.06. The van der Waals surface area contributed by atoms with Crippen LogP contribution in [0.25, 0.3) is 34.4 Å². The van der Waals surface area contributed by atoms with E-state index in [1.807, 2.05) is 0 Å². The van der Waals surface area contributed by atoms with Gasteiger partial charge in [-0.2, -0.15) is 0 Å². The average Bonchev–Trinajstić information content (AvgIpc) is 3.69. The van der Waals surface area contributed by atoms with Crippen molar-refractivity contribution in [2.75, 3.05) is 5.32 Å². The van der Waals surface area contributed by atoms with Gasteiger partial charge in [0.2, 0.25) is 0 Å². The lowest BCUT2D eigenvalue weighted by Crippen LogP contribution is -2.34. The van der Waals surface area contributed by atoms with Gasteiger partial charge >= 0.3 is 0 Å². The Hall–Kier alpha value is -4.88. The van der Waals surface area contributed by atoms with E-state index in [-0.39, 0.29) is 0 Å². The molecule has 0 aromatic heterocycles. The number of allylic oxidation sites excluding steroid dienone is 7. The highest BCUT2D eigenvalue weighted by Crippen LogP contribution is 2.62. The van der Waals surface area contributed by atoms with Crippen LogP contribution in [-0.2, 0) is 6.42 Å². The second-order valence-electron chi connectivity index (χ2n) is 12.3. The molecular formula is C41H31N. The summed E-state index contributed by atoms with van der Waals surface area (Å²) in [5, 5.41) is 4.19. The first-order valence-corrected chi connectivity index (χ1v) is 15.0. The first-order chi connectivity index (χ1) is 20.5. The zero-order valence-corrected chi connectivity index (χ0v) is 24.2. The number of aryl methyl sites for hydroxylation is 1. The van der Waals surface area contributed by atoms with Gasteiger partial charge in [-0.1, -0.05) is 97.1 Å². The SMILES string of the molecule is CC1=C(Nc2c(C)c(C)cc3c2Cc2ccccc2-3)C2(C=CC=C3C2=Cc2ccccc23)C2=Cc3ccccc3C2=C1. The van der Waals surface area contributed by atoms with E-state index in [1.165, 1.54) is 94.9 Å². The van der Waals surface area contributed by atoms with Crippen molar-refractivity contribution in [1.29, 1.82) is 0 Å². The van der Waals surface area contributed by atoms with Crippen LogP contribution in [0.2, 0.25) is 0 Å². The van der Waals surface area contributed by atoms with Gasteiger partial charge in [-0.3, -0.25) is 0 Å². The van der Waals surface area contributed by atoms with Gasteiger partial charge in [0.25, 0.3) is 0 Å². The van der Waals surface area contributed by atoms with Gasteiger partial charge in [-0.25, -0.2) is 0 Å². The number of fused-ring (bicyclic) bond motifs is 11. The van der Waals surface area contributed by atoms with E-state index < -0.39 is 5.41 Å². The number of benzene rings is 4. The van der Waals surface area contributed by atoms with Gasteiger partial charge in [-0.05, 0) is 122 Å². The molecule has 1 unspecified atom stereocenters.